The van der Waals surface area contributed by atoms with Crippen LogP contribution in [0.2, 0.25) is 0 Å². The van der Waals surface area contributed by atoms with Crippen LogP contribution in [0.4, 0.5) is 23.2 Å². The number of hydrogen-bond acceptors (Lipinski definition) is 5. The number of aliphatic carboxylic acids is 1. The first-order valence-corrected chi connectivity index (χ1v) is 15.5. The van der Waals surface area contributed by atoms with Crippen molar-refractivity contribution in [2.75, 3.05) is 18.0 Å². The van der Waals surface area contributed by atoms with E-state index in [4.69, 9.17) is 20.4 Å². The highest BCUT2D eigenvalue weighted by Crippen LogP contribution is 2.28. The minimum Gasteiger partial charge on any atom is -0.475 e. The van der Waals surface area contributed by atoms with Crippen molar-refractivity contribution < 1.29 is 41.8 Å². The van der Waals surface area contributed by atoms with Crippen molar-refractivity contribution in [1.29, 1.82) is 0 Å². The Morgan fingerprint density at radius 3 is 2.08 bits per heavy atom. The van der Waals surface area contributed by atoms with Gasteiger partial charge in [0.1, 0.15) is 17.3 Å². The van der Waals surface area contributed by atoms with Gasteiger partial charge in [-0.1, -0.05) is 66.7 Å². The predicted octanol–water partition coefficient (Wildman–Crippen LogP) is 7.85. The third kappa shape index (κ3) is 11.4. The minimum atomic E-state index is -5.08. The fourth-order valence-electron chi connectivity index (χ4n) is 4.68. The molecular formula is C39H33F4N3O5. The first-order valence-electron chi connectivity index (χ1n) is 15.5. The maximum absolute atomic E-state index is 13.6. The molecule has 0 unspecified atom stereocenters. The fraction of sp³-hybridized carbons (Fsp3) is 0.103. The van der Waals surface area contributed by atoms with Crippen molar-refractivity contribution in [3.8, 4) is 22.6 Å². The summed E-state index contributed by atoms with van der Waals surface area (Å²) in [5.41, 5.74) is 9.99. The highest BCUT2D eigenvalue weighted by molar-refractivity contribution is 6.04. The van der Waals surface area contributed by atoms with Crippen molar-refractivity contribution in [2.24, 2.45) is 5.73 Å². The van der Waals surface area contributed by atoms with Gasteiger partial charge in [0, 0.05) is 30.4 Å². The second-order valence-electron chi connectivity index (χ2n) is 10.8. The number of carbonyl (C=O) groups excluding carboxylic acids is 2. The summed E-state index contributed by atoms with van der Waals surface area (Å²) < 4.78 is 51.1. The summed E-state index contributed by atoms with van der Waals surface area (Å²) in [6.07, 6.45) is -1.95. The number of anilines is 1. The van der Waals surface area contributed by atoms with E-state index in [0.717, 1.165) is 16.7 Å². The molecule has 0 fully saturated rings. The normalized spacial score (nSPS) is 10.9. The zero-order chi connectivity index (χ0) is 36.8. The Balaban J connectivity index is 0.000000755. The molecule has 5 aromatic carbocycles. The van der Waals surface area contributed by atoms with Gasteiger partial charge in [-0.3, -0.25) is 9.59 Å². The van der Waals surface area contributed by atoms with Gasteiger partial charge in [-0.05, 0) is 89.0 Å². The van der Waals surface area contributed by atoms with Crippen molar-refractivity contribution in [3.05, 3.63) is 156 Å². The summed E-state index contributed by atoms with van der Waals surface area (Å²) in [5.74, 6) is -2.20. The summed E-state index contributed by atoms with van der Waals surface area (Å²) in [6.45, 7) is 0.994. The van der Waals surface area contributed by atoms with E-state index in [9.17, 15) is 27.2 Å². The van der Waals surface area contributed by atoms with Gasteiger partial charge in [0.05, 0.1) is 6.54 Å². The fourth-order valence-corrected chi connectivity index (χ4v) is 4.68. The van der Waals surface area contributed by atoms with Gasteiger partial charge in [0.25, 0.3) is 11.8 Å². The number of hydrogen-bond donors (Lipinski definition) is 3. The molecular weight excluding hydrogens is 666 g/mol. The number of halogens is 4. The van der Waals surface area contributed by atoms with Crippen LogP contribution >= 0.6 is 0 Å². The Bertz CT molecular complexity index is 1950. The lowest BCUT2D eigenvalue weighted by atomic mass is 9.97. The molecule has 5 aromatic rings. The summed E-state index contributed by atoms with van der Waals surface area (Å²) in [6, 6.07) is 37.9. The molecule has 0 aromatic heterocycles. The molecule has 12 heteroatoms. The number of carboxylic acids is 1. The Morgan fingerprint density at radius 1 is 0.804 bits per heavy atom. The number of carbonyl (C=O) groups is 3. The maximum atomic E-state index is 13.6. The average molecular weight is 700 g/mol. The Hall–Kier alpha value is -6.27. The highest BCUT2D eigenvalue weighted by Gasteiger charge is 2.38. The quantitative estimate of drug-likeness (QED) is 0.0954. The van der Waals surface area contributed by atoms with Gasteiger partial charge in [-0.2, -0.15) is 13.2 Å². The second kappa shape index (κ2) is 17.9. The molecule has 0 atom stereocenters. The molecule has 51 heavy (non-hydrogen) atoms. The summed E-state index contributed by atoms with van der Waals surface area (Å²) in [7, 11) is 0. The highest BCUT2D eigenvalue weighted by atomic mass is 19.4. The molecule has 2 amide bonds. The number of para-hydroxylation sites is 1. The van der Waals surface area contributed by atoms with Gasteiger partial charge in [0.2, 0.25) is 0 Å². The Morgan fingerprint density at radius 2 is 1.43 bits per heavy atom. The van der Waals surface area contributed by atoms with E-state index < -0.39 is 12.1 Å². The van der Waals surface area contributed by atoms with Gasteiger partial charge in [-0.25, -0.2) is 9.18 Å². The second-order valence-corrected chi connectivity index (χ2v) is 10.8. The Kier molecular flexibility index (Phi) is 13.2. The van der Waals surface area contributed by atoms with E-state index in [1.165, 1.54) is 18.2 Å². The minimum absolute atomic E-state index is 0.197. The number of nitrogens with two attached hydrogens (primary N) is 1. The lowest BCUT2D eigenvalue weighted by Gasteiger charge is -2.22. The number of carboxylic acid groups (broad SMARTS) is 1. The first-order chi connectivity index (χ1) is 24.4. The number of nitrogens with one attached hydrogen (secondary N) is 1. The molecule has 0 bridgehead atoms. The average Bonchev–Trinajstić information content (AvgIpc) is 3.13. The molecule has 0 radical (unpaired) electrons. The molecule has 4 N–H and O–H groups in total. The van der Waals surface area contributed by atoms with Crippen molar-refractivity contribution in [1.82, 2.24) is 5.32 Å². The van der Waals surface area contributed by atoms with Gasteiger partial charge in [0.15, 0.2) is 0 Å². The van der Waals surface area contributed by atoms with Crippen molar-refractivity contribution in [3.63, 3.8) is 0 Å². The van der Waals surface area contributed by atoms with Gasteiger partial charge >= 0.3 is 12.1 Å². The van der Waals surface area contributed by atoms with Crippen LogP contribution in [0.15, 0.2) is 133 Å². The van der Waals surface area contributed by atoms with E-state index in [1.807, 2.05) is 97.1 Å². The molecule has 0 heterocycles. The molecule has 0 saturated carbocycles. The number of nitrogens with zero attached hydrogens (tertiary/aromatic N) is 1. The summed E-state index contributed by atoms with van der Waals surface area (Å²) in [4.78, 5) is 37.0. The maximum Gasteiger partial charge on any atom is 0.490 e. The molecule has 0 saturated heterocycles. The lowest BCUT2D eigenvalue weighted by molar-refractivity contribution is -0.192. The Labute approximate surface area is 291 Å². The standard InChI is InChI=1S/C37H32FN3O3.C2HF3O2/c38-30-16-13-27(14-17-30)15-22-36(42)41(31-18-20-33(21-19-31)44-32-9-2-1-3-10-32)26-28-7-6-8-29(25-28)34-11-4-5-12-35(34)37(43)40-24-23-39;3-2(4,5)1(6)7/h1-22,25H,23-24,26,39H2,(H,40,43);(H,6,7). The van der Waals surface area contributed by atoms with Crippen LogP contribution < -0.4 is 20.7 Å². The van der Waals surface area contributed by atoms with Crippen LogP contribution in [0.25, 0.3) is 17.2 Å². The van der Waals surface area contributed by atoms with E-state index in [-0.39, 0.29) is 24.2 Å². The van der Waals surface area contributed by atoms with Crippen LogP contribution in [-0.2, 0) is 16.1 Å². The zero-order valence-corrected chi connectivity index (χ0v) is 27.0. The summed E-state index contributed by atoms with van der Waals surface area (Å²) >= 11 is 0. The lowest BCUT2D eigenvalue weighted by Crippen LogP contribution is -2.29. The third-order valence-electron chi connectivity index (χ3n) is 7.10. The zero-order valence-electron chi connectivity index (χ0n) is 27.0. The molecule has 8 nitrogen and oxygen atoms in total. The number of alkyl halides is 3. The molecule has 0 aliphatic heterocycles. The number of rotatable bonds is 11. The van der Waals surface area contributed by atoms with Crippen LogP contribution in [0.5, 0.6) is 11.5 Å². The van der Waals surface area contributed by atoms with E-state index in [0.29, 0.717) is 41.4 Å². The van der Waals surface area contributed by atoms with Crippen LogP contribution in [0.3, 0.4) is 0 Å². The van der Waals surface area contributed by atoms with Crippen LogP contribution in [0, 0.1) is 5.82 Å². The van der Waals surface area contributed by atoms with Crippen molar-refractivity contribution in [2.45, 2.75) is 12.7 Å². The topological polar surface area (TPSA) is 122 Å². The monoisotopic (exact) mass is 699 g/mol. The smallest absolute Gasteiger partial charge is 0.475 e. The van der Waals surface area contributed by atoms with Crippen molar-refractivity contribution >= 4 is 29.5 Å². The van der Waals surface area contributed by atoms with E-state index in [2.05, 4.69) is 5.32 Å². The van der Waals surface area contributed by atoms with Gasteiger partial charge in [-0.15, -0.1) is 0 Å². The van der Waals surface area contributed by atoms with Crippen LogP contribution in [-0.4, -0.2) is 42.2 Å². The molecule has 0 spiro atoms. The SMILES string of the molecule is NCCNC(=O)c1ccccc1-c1cccc(CN(C(=O)C=Cc2ccc(F)cc2)c2ccc(Oc3ccccc3)cc2)c1.O=C(O)C(F)(F)F. The van der Waals surface area contributed by atoms with Crippen LogP contribution in [0.1, 0.15) is 21.5 Å². The molecule has 0 aliphatic carbocycles. The number of benzene rings is 5. The third-order valence-corrected chi connectivity index (χ3v) is 7.10. The van der Waals surface area contributed by atoms with E-state index >= 15 is 0 Å². The van der Waals surface area contributed by atoms with Gasteiger partial charge < -0.3 is 25.8 Å². The molecule has 0 aliphatic rings. The van der Waals surface area contributed by atoms with E-state index in [1.54, 1.807) is 29.2 Å². The number of ether oxygens (including phenoxy) is 1. The summed E-state index contributed by atoms with van der Waals surface area (Å²) in [5, 5.41) is 9.96. The molecule has 262 valence electrons. The predicted molar refractivity (Wildman–Crippen MR) is 187 cm³/mol. The first kappa shape index (κ1) is 37.5. The largest absolute Gasteiger partial charge is 0.490 e. The number of amides is 2. The molecule has 5 rings (SSSR count).